The van der Waals surface area contributed by atoms with Gasteiger partial charge in [0.2, 0.25) is 5.89 Å². The van der Waals surface area contributed by atoms with Gasteiger partial charge in [0.25, 0.3) is 0 Å². The van der Waals surface area contributed by atoms with Crippen LogP contribution in [-0.4, -0.2) is 4.98 Å². The van der Waals surface area contributed by atoms with Crippen LogP contribution in [0.2, 0.25) is 0 Å². The van der Waals surface area contributed by atoms with Crippen LogP contribution in [0.5, 0.6) is 0 Å². The van der Waals surface area contributed by atoms with E-state index in [4.69, 9.17) is 13.8 Å². The van der Waals surface area contributed by atoms with E-state index in [1.54, 1.807) is 0 Å². The summed E-state index contributed by atoms with van der Waals surface area (Å²) in [6, 6.07) is 68.2. The van der Waals surface area contributed by atoms with Gasteiger partial charge in [-0.05, 0) is 101 Å². The van der Waals surface area contributed by atoms with Crippen LogP contribution in [0.25, 0.3) is 87.3 Å². The number of fused-ring (bicyclic) bond motifs is 5. The Morgan fingerprint density at radius 1 is 0.429 bits per heavy atom. The van der Waals surface area contributed by atoms with E-state index in [2.05, 4.69) is 157 Å². The Morgan fingerprint density at radius 2 is 1.00 bits per heavy atom. The lowest BCUT2D eigenvalue weighted by Crippen LogP contribution is -2.09. The highest BCUT2D eigenvalue weighted by Crippen LogP contribution is 2.42. The molecular formula is C51H32N2O2S. The Labute approximate surface area is 327 Å². The topological polar surface area (TPSA) is 42.4 Å². The van der Waals surface area contributed by atoms with Crippen molar-refractivity contribution in [2.45, 2.75) is 0 Å². The third-order valence-electron chi connectivity index (χ3n) is 10.6. The molecule has 0 saturated carbocycles. The molecule has 264 valence electrons. The fourth-order valence-electron chi connectivity index (χ4n) is 7.71. The van der Waals surface area contributed by atoms with Gasteiger partial charge in [-0.25, -0.2) is 4.98 Å². The first kappa shape index (κ1) is 32.2. The molecule has 0 amide bonds. The number of hydrogen-bond donors (Lipinski definition) is 0. The van der Waals surface area contributed by atoms with Crippen molar-refractivity contribution in [1.29, 1.82) is 0 Å². The minimum absolute atomic E-state index is 0.611. The van der Waals surface area contributed by atoms with Gasteiger partial charge in [0.05, 0.1) is 0 Å². The lowest BCUT2D eigenvalue weighted by molar-refractivity contribution is 0.620. The fraction of sp³-hybridized carbons (Fsp3) is 0. The Bertz CT molecular complexity index is 3110. The van der Waals surface area contributed by atoms with Crippen LogP contribution in [0.4, 0.5) is 17.1 Å². The Balaban J connectivity index is 0.943. The molecule has 0 atom stereocenters. The molecule has 0 spiro atoms. The summed E-state index contributed by atoms with van der Waals surface area (Å²) in [5.74, 6) is 1.48. The predicted molar refractivity (Wildman–Crippen MR) is 233 cm³/mol. The molecular weight excluding hydrogens is 705 g/mol. The first-order valence-electron chi connectivity index (χ1n) is 18.7. The second-order valence-corrected chi connectivity index (χ2v) is 15.0. The van der Waals surface area contributed by atoms with Gasteiger partial charge < -0.3 is 13.7 Å². The molecule has 11 aromatic rings. The van der Waals surface area contributed by atoms with E-state index in [-0.39, 0.29) is 0 Å². The molecule has 3 aromatic heterocycles. The van der Waals surface area contributed by atoms with Crippen LogP contribution in [0.1, 0.15) is 0 Å². The van der Waals surface area contributed by atoms with E-state index in [9.17, 15) is 0 Å². The van der Waals surface area contributed by atoms with Crippen molar-refractivity contribution >= 4 is 70.6 Å². The zero-order chi connectivity index (χ0) is 37.0. The monoisotopic (exact) mass is 736 g/mol. The predicted octanol–water partition coefficient (Wildman–Crippen LogP) is 15.1. The van der Waals surface area contributed by atoms with Gasteiger partial charge in [-0.15, -0.1) is 11.3 Å². The Morgan fingerprint density at radius 3 is 1.71 bits per heavy atom. The second kappa shape index (κ2) is 13.3. The molecule has 0 aliphatic carbocycles. The molecule has 0 saturated heterocycles. The van der Waals surface area contributed by atoms with E-state index < -0.39 is 0 Å². The quantitative estimate of drug-likeness (QED) is 0.163. The average Bonchev–Trinajstić information content (AvgIpc) is 4.00. The van der Waals surface area contributed by atoms with Crippen LogP contribution < -0.4 is 4.90 Å². The van der Waals surface area contributed by atoms with E-state index in [1.807, 2.05) is 53.8 Å². The number of para-hydroxylation sites is 3. The summed E-state index contributed by atoms with van der Waals surface area (Å²) >= 11 is 1.86. The Kier molecular flexibility index (Phi) is 7.64. The summed E-state index contributed by atoms with van der Waals surface area (Å²) in [4.78, 5) is 7.03. The molecule has 3 heterocycles. The number of aromatic nitrogens is 1. The average molecular weight is 737 g/mol. The number of oxazole rings is 1. The summed E-state index contributed by atoms with van der Waals surface area (Å²) in [6.07, 6.45) is 0. The van der Waals surface area contributed by atoms with Crippen molar-refractivity contribution in [1.82, 2.24) is 4.98 Å². The van der Waals surface area contributed by atoms with E-state index in [0.29, 0.717) is 5.89 Å². The van der Waals surface area contributed by atoms with Gasteiger partial charge in [0.1, 0.15) is 16.9 Å². The van der Waals surface area contributed by atoms with Crippen LogP contribution in [0.3, 0.4) is 0 Å². The van der Waals surface area contributed by atoms with Crippen LogP contribution in [-0.2, 0) is 0 Å². The van der Waals surface area contributed by atoms with Gasteiger partial charge >= 0.3 is 0 Å². The van der Waals surface area contributed by atoms with Crippen LogP contribution >= 0.6 is 11.3 Å². The smallest absolute Gasteiger partial charge is 0.227 e. The van der Waals surface area contributed by atoms with Crippen molar-refractivity contribution in [2.75, 3.05) is 4.90 Å². The molecule has 5 heteroatoms. The van der Waals surface area contributed by atoms with E-state index in [1.165, 1.54) is 31.3 Å². The summed E-state index contributed by atoms with van der Waals surface area (Å²) in [6.45, 7) is 0. The normalized spacial score (nSPS) is 11.6. The van der Waals surface area contributed by atoms with Gasteiger partial charge in [-0.3, -0.25) is 0 Å². The maximum atomic E-state index is 6.12. The molecule has 0 aliphatic heterocycles. The molecule has 11 rings (SSSR count). The molecule has 0 radical (unpaired) electrons. The minimum atomic E-state index is 0.611. The highest BCUT2D eigenvalue weighted by Gasteiger charge is 2.17. The largest absolute Gasteiger partial charge is 0.456 e. The SMILES string of the molecule is c1ccc2oc(-c3ccc(-c4ccc(N(c5ccc(-c6nc7ccccc7o6)cc5)c5ccc(-c6cccc7c6sc6ccccc67)cc5)cc4)cc3)cc2c1. The number of hydrogen-bond acceptors (Lipinski definition) is 5. The summed E-state index contributed by atoms with van der Waals surface area (Å²) < 4.78 is 14.8. The van der Waals surface area contributed by atoms with Gasteiger partial charge in [0, 0.05) is 53.7 Å². The molecule has 4 nitrogen and oxygen atoms in total. The Hall–Kier alpha value is -7.21. The third kappa shape index (κ3) is 5.65. The molecule has 0 aliphatic rings. The van der Waals surface area contributed by atoms with Crippen molar-refractivity contribution in [3.05, 3.63) is 194 Å². The minimum Gasteiger partial charge on any atom is -0.456 e. The van der Waals surface area contributed by atoms with E-state index >= 15 is 0 Å². The van der Waals surface area contributed by atoms with Gasteiger partial charge in [-0.1, -0.05) is 115 Å². The number of thiophene rings is 1. The third-order valence-corrected chi connectivity index (χ3v) is 11.8. The molecule has 0 N–H and O–H groups in total. The first-order chi connectivity index (χ1) is 27.7. The van der Waals surface area contributed by atoms with Crippen LogP contribution in [0.15, 0.2) is 203 Å². The number of benzene rings is 8. The maximum absolute atomic E-state index is 6.12. The highest BCUT2D eigenvalue weighted by atomic mass is 32.1. The summed E-state index contributed by atoms with van der Waals surface area (Å²) in [7, 11) is 0. The molecule has 0 bridgehead atoms. The van der Waals surface area contributed by atoms with Gasteiger partial charge in [-0.2, -0.15) is 0 Å². The maximum Gasteiger partial charge on any atom is 0.227 e. The first-order valence-corrected chi connectivity index (χ1v) is 19.5. The standard InChI is InChI=1S/C51H32N2O2S/c1-4-13-46-38(8-1)32-48(54-46)36-18-16-33(17-19-36)34-20-26-39(27-21-34)53(41-30-24-37(25-31-41)51-52-45-12-3-5-14-47(45)55-51)40-28-22-35(23-29-40)42-10-7-11-44-43-9-2-6-15-49(43)56-50(42)44/h1-32H. The zero-order valence-corrected chi connectivity index (χ0v) is 30.9. The van der Waals surface area contributed by atoms with Gasteiger partial charge in [0.15, 0.2) is 5.58 Å². The van der Waals surface area contributed by atoms with Crippen molar-refractivity contribution in [3.63, 3.8) is 0 Å². The van der Waals surface area contributed by atoms with Crippen molar-refractivity contribution < 1.29 is 8.83 Å². The van der Waals surface area contributed by atoms with E-state index in [0.717, 1.165) is 67.1 Å². The molecule has 0 fully saturated rings. The number of anilines is 3. The van der Waals surface area contributed by atoms with Crippen molar-refractivity contribution in [3.8, 4) is 45.0 Å². The summed E-state index contributed by atoms with van der Waals surface area (Å²) in [5.41, 5.74) is 12.4. The lowest BCUT2D eigenvalue weighted by atomic mass is 10.0. The highest BCUT2D eigenvalue weighted by molar-refractivity contribution is 7.26. The molecule has 0 unspecified atom stereocenters. The number of nitrogens with zero attached hydrogens (tertiary/aromatic N) is 2. The van der Waals surface area contributed by atoms with Crippen LogP contribution in [0, 0.1) is 0 Å². The fourth-order valence-corrected chi connectivity index (χ4v) is 8.95. The molecule has 56 heavy (non-hydrogen) atoms. The second-order valence-electron chi connectivity index (χ2n) is 14.0. The lowest BCUT2D eigenvalue weighted by Gasteiger charge is -2.26. The number of furan rings is 1. The van der Waals surface area contributed by atoms with Crippen molar-refractivity contribution in [2.24, 2.45) is 0 Å². The number of rotatable bonds is 7. The molecule has 8 aromatic carbocycles. The zero-order valence-electron chi connectivity index (χ0n) is 30.1. The summed E-state index contributed by atoms with van der Waals surface area (Å²) in [5, 5.41) is 3.72.